The predicted octanol–water partition coefficient (Wildman–Crippen LogP) is 3.42. The topological polar surface area (TPSA) is 68.1 Å². The molecule has 10 heteroatoms. The number of nitro groups is 1. The van der Waals surface area contributed by atoms with Crippen molar-refractivity contribution in [3.05, 3.63) is 26.9 Å². The Morgan fingerprint density at radius 3 is 2.72 bits per heavy atom. The third kappa shape index (κ3) is 5.08. The third-order valence-corrected chi connectivity index (χ3v) is 3.04. The number of rotatable bonds is 5. The number of nitrogens with one attached hydrogen (secondary N) is 1. The van der Waals surface area contributed by atoms with Gasteiger partial charge in [0.1, 0.15) is 12.0 Å². The van der Waals surface area contributed by atoms with Crippen LogP contribution in [-0.4, -0.2) is 27.7 Å². The Hall–Kier alpha value is -1.03. The van der Waals surface area contributed by atoms with Crippen molar-refractivity contribution < 1.29 is 18.1 Å². The molecule has 0 unspecified atom stereocenters. The molecule has 0 saturated heterocycles. The van der Waals surface area contributed by atoms with Crippen LogP contribution in [-0.2, 0) is 0 Å². The first kappa shape index (κ1) is 15.0. The van der Waals surface area contributed by atoms with Crippen LogP contribution in [0, 0.1) is 10.1 Å². The number of aromatic nitrogens is 1. The van der Waals surface area contributed by atoms with Crippen LogP contribution in [0.3, 0.4) is 0 Å². The number of thioether (sulfide) groups is 1. The molecule has 0 atom stereocenters. The molecule has 18 heavy (non-hydrogen) atoms. The number of pyridine rings is 1. The van der Waals surface area contributed by atoms with Gasteiger partial charge in [0, 0.05) is 18.4 Å². The first-order valence-electron chi connectivity index (χ1n) is 4.54. The minimum Gasteiger partial charge on any atom is -0.368 e. The predicted molar refractivity (Wildman–Crippen MR) is 65.6 cm³/mol. The first-order chi connectivity index (χ1) is 8.29. The summed E-state index contributed by atoms with van der Waals surface area (Å²) in [4.78, 5) is 13.6. The molecular weight excluding hydrogens is 339 g/mol. The molecule has 0 aliphatic heterocycles. The highest BCUT2D eigenvalue weighted by molar-refractivity contribution is 9.10. The standard InChI is InChI=1S/C8H7BrF3N3O2S/c9-6-3-5(15(16)17)4-14-7(6)13-1-2-18-8(10,11)12/h3-4H,1-2H2,(H,13,14). The quantitative estimate of drug-likeness (QED) is 0.503. The normalized spacial score (nSPS) is 11.3. The second kappa shape index (κ2) is 6.23. The molecular formula is C8H7BrF3N3O2S. The number of nitrogens with zero attached hydrogens (tertiary/aromatic N) is 2. The Balaban J connectivity index is 2.51. The monoisotopic (exact) mass is 345 g/mol. The molecule has 0 saturated carbocycles. The molecule has 0 radical (unpaired) electrons. The lowest BCUT2D eigenvalue weighted by Gasteiger charge is -2.08. The van der Waals surface area contributed by atoms with Gasteiger partial charge in [-0.3, -0.25) is 10.1 Å². The van der Waals surface area contributed by atoms with E-state index < -0.39 is 10.4 Å². The van der Waals surface area contributed by atoms with Crippen molar-refractivity contribution in [1.82, 2.24) is 4.98 Å². The molecule has 1 rings (SSSR count). The van der Waals surface area contributed by atoms with Crippen LogP contribution in [0.25, 0.3) is 0 Å². The SMILES string of the molecule is O=[N+]([O-])c1cnc(NCCSC(F)(F)F)c(Br)c1. The van der Waals surface area contributed by atoms with Crippen LogP contribution in [0.15, 0.2) is 16.7 Å². The smallest absolute Gasteiger partial charge is 0.368 e. The molecule has 100 valence electrons. The summed E-state index contributed by atoms with van der Waals surface area (Å²) >= 11 is 2.90. The van der Waals surface area contributed by atoms with Gasteiger partial charge in [-0.2, -0.15) is 13.2 Å². The summed E-state index contributed by atoms with van der Waals surface area (Å²) in [6.07, 6.45) is 1.03. The molecule has 0 spiro atoms. The van der Waals surface area contributed by atoms with Crippen LogP contribution < -0.4 is 5.32 Å². The van der Waals surface area contributed by atoms with Gasteiger partial charge in [-0.1, -0.05) is 0 Å². The summed E-state index contributed by atoms with van der Waals surface area (Å²) in [5, 5.41) is 13.1. The average molecular weight is 346 g/mol. The van der Waals surface area contributed by atoms with Gasteiger partial charge in [0.2, 0.25) is 0 Å². The van der Waals surface area contributed by atoms with Crippen LogP contribution in [0.4, 0.5) is 24.7 Å². The maximum absolute atomic E-state index is 11.8. The Morgan fingerprint density at radius 2 is 2.22 bits per heavy atom. The summed E-state index contributed by atoms with van der Waals surface area (Å²) < 4.78 is 35.8. The van der Waals surface area contributed by atoms with Crippen molar-refractivity contribution in [1.29, 1.82) is 0 Å². The van der Waals surface area contributed by atoms with E-state index in [2.05, 4.69) is 26.2 Å². The molecule has 1 heterocycles. The van der Waals surface area contributed by atoms with Gasteiger partial charge < -0.3 is 5.32 Å². The van der Waals surface area contributed by atoms with E-state index >= 15 is 0 Å². The summed E-state index contributed by atoms with van der Waals surface area (Å²) in [5.74, 6) is 0.0950. The molecule has 5 nitrogen and oxygen atoms in total. The highest BCUT2D eigenvalue weighted by Crippen LogP contribution is 2.30. The molecule has 0 bridgehead atoms. The number of anilines is 1. The summed E-state index contributed by atoms with van der Waals surface area (Å²) in [7, 11) is 0. The first-order valence-corrected chi connectivity index (χ1v) is 6.32. The maximum Gasteiger partial charge on any atom is 0.441 e. The van der Waals surface area contributed by atoms with Crippen molar-refractivity contribution >= 4 is 39.2 Å². The van der Waals surface area contributed by atoms with E-state index in [9.17, 15) is 23.3 Å². The van der Waals surface area contributed by atoms with Crippen LogP contribution in [0.1, 0.15) is 0 Å². The summed E-state index contributed by atoms with van der Waals surface area (Å²) in [6, 6.07) is 1.23. The van der Waals surface area contributed by atoms with E-state index in [4.69, 9.17) is 0 Å². The van der Waals surface area contributed by atoms with Gasteiger partial charge in [-0.15, -0.1) is 0 Å². The van der Waals surface area contributed by atoms with Crippen molar-refractivity contribution in [2.75, 3.05) is 17.6 Å². The highest BCUT2D eigenvalue weighted by atomic mass is 79.9. The number of hydrogen-bond donors (Lipinski definition) is 1. The fourth-order valence-corrected chi connectivity index (χ4v) is 1.91. The van der Waals surface area contributed by atoms with E-state index in [1.807, 2.05) is 0 Å². The molecule has 1 N–H and O–H groups in total. The molecule has 0 amide bonds. The van der Waals surface area contributed by atoms with Gasteiger partial charge in [0.05, 0.1) is 9.40 Å². The van der Waals surface area contributed by atoms with E-state index in [1.54, 1.807) is 0 Å². The zero-order chi connectivity index (χ0) is 13.8. The molecule has 1 aromatic rings. The molecule has 0 aliphatic carbocycles. The Morgan fingerprint density at radius 1 is 1.56 bits per heavy atom. The van der Waals surface area contributed by atoms with Gasteiger partial charge in [0.15, 0.2) is 0 Å². The lowest BCUT2D eigenvalue weighted by molar-refractivity contribution is -0.385. The average Bonchev–Trinajstić information content (AvgIpc) is 2.24. The third-order valence-electron chi connectivity index (χ3n) is 1.70. The minimum atomic E-state index is -4.26. The number of halogens is 4. The fraction of sp³-hybridized carbons (Fsp3) is 0.375. The fourth-order valence-electron chi connectivity index (χ4n) is 0.994. The van der Waals surface area contributed by atoms with Gasteiger partial charge >= 0.3 is 5.51 Å². The minimum absolute atomic E-state index is 0.0492. The molecule has 0 aromatic carbocycles. The van der Waals surface area contributed by atoms with Gasteiger partial charge in [-0.25, -0.2) is 4.98 Å². The van der Waals surface area contributed by atoms with E-state index in [0.717, 1.165) is 6.20 Å². The summed E-state index contributed by atoms with van der Waals surface area (Å²) in [6.45, 7) is 0.0492. The summed E-state index contributed by atoms with van der Waals surface area (Å²) in [5.41, 5.74) is -4.46. The number of alkyl halides is 3. The van der Waals surface area contributed by atoms with Crippen molar-refractivity contribution in [2.45, 2.75) is 5.51 Å². The zero-order valence-corrected chi connectivity index (χ0v) is 11.1. The van der Waals surface area contributed by atoms with Crippen LogP contribution in [0.5, 0.6) is 0 Å². The van der Waals surface area contributed by atoms with Crippen LogP contribution >= 0.6 is 27.7 Å². The Kier molecular flexibility index (Phi) is 5.20. The van der Waals surface area contributed by atoms with Crippen molar-refractivity contribution in [2.24, 2.45) is 0 Å². The lowest BCUT2D eigenvalue weighted by atomic mass is 10.4. The zero-order valence-electron chi connectivity index (χ0n) is 8.70. The highest BCUT2D eigenvalue weighted by Gasteiger charge is 2.27. The van der Waals surface area contributed by atoms with Crippen LogP contribution in [0.2, 0.25) is 0 Å². The number of hydrogen-bond acceptors (Lipinski definition) is 5. The lowest BCUT2D eigenvalue weighted by Crippen LogP contribution is -2.10. The van der Waals surface area contributed by atoms with Gasteiger partial charge in [0.25, 0.3) is 5.69 Å². The maximum atomic E-state index is 11.8. The second-order valence-electron chi connectivity index (χ2n) is 3.00. The largest absolute Gasteiger partial charge is 0.441 e. The van der Waals surface area contributed by atoms with Crippen molar-refractivity contribution in [3.8, 4) is 0 Å². The molecule has 0 fully saturated rings. The molecule has 1 aromatic heterocycles. The van der Waals surface area contributed by atoms with Gasteiger partial charge in [-0.05, 0) is 27.7 Å². The van der Waals surface area contributed by atoms with E-state index in [0.29, 0.717) is 4.47 Å². The Labute approximate surface area is 112 Å². The van der Waals surface area contributed by atoms with Crippen molar-refractivity contribution in [3.63, 3.8) is 0 Å². The second-order valence-corrected chi connectivity index (χ2v) is 5.02. The van der Waals surface area contributed by atoms with E-state index in [1.165, 1.54) is 6.07 Å². The Bertz CT molecular complexity index is 444. The molecule has 0 aliphatic rings. The van der Waals surface area contributed by atoms with E-state index in [-0.39, 0.29) is 35.6 Å².